The van der Waals surface area contributed by atoms with Gasteiger partial charge in [-0.25, -0.2) is 4.98 Å². The van der Waals surface area contributed by atoms with Crippen LogP contribution in [0.4, 0.5) is 0 Å². The Morgan fingerprint density at radius 2 is 2.17 bits per heavy atom. The summed E-state index contributed by atoms with van der Waals surface area (Å²) in [7, 11) is 1.68. The Bertz CT molecular complexity index is 1030. The van der Waals surface area contributed by atoms with E-state index in [1.165, 1.54) is 11.1 Å². The van der Waals surface area contributed by atoms with Gasteiger partial charge in [-0.15, -0.1) is 0 Å². The van der Waals surface area contributed by atoms with Crippen molar-refractivity contribution >= 4 is 16.9 Å². The molecule has 0 bridgehead atoms. The molecule has 1 aliphatic heterocycles. The number of amides is 1. The fourth-order valence-electron chi connectivity index (χ4n) is 4.33. The maximum atomic E-state index is 12.6. The summed E-state index contributed by atoms with van der Waals surface area (Å²) in [6, 6.07) is 14.5. The van der Waals surface area contributed by atoms with Crippen molar-refractivity contribution in [2.45, 2.75) is 51.7 Å². The van der Waals surface area contributed by atoms with E-state index < -0.39 is 0 Å². The molecule has 6 nitrogen and oxygen atoms in total. The van der Waals surface area contributed by atoms with Crippen LogP contribution >= 0.6 is 0 Å². The van der Waals surface area contributed by atoms with E-state index in [1.807, 2.05) is 29.2 Å². The number of hydrogen-bond donors (Lipinski definition) is 2. The number of aromatic nitrogens is 2. The van der Waals surface area contributed by atoms with Crippen molar-refractivity contribution in [3.63, 3.8) is 0 Å². The molecule has 1 amide bonds. The minimum atomic E-state index is -0.0592. The lowest BCUT2D eigenvalue weighted by Crippen LogP contribution is -2.37. The maximum Gasteiger partial charge on any atom is 0.223 e. The Morgan fingerprint density at radius 1 is 1.30 bits per heavy atom. The van der Waals surface area contributed by atoms with Crippen molar-refractivity contribution in [2.75, 3.05) is 13.7 Å². The largest absolute Gasteiger partial charge is 0.497 e. The second-order valence-corrected chi connectivity index (χ2v) is 8.13. The lowest BCUT2D eigenvalue weighted by atomic mass is 10.1. The predicted octanol–water partition coefficient (Wildman–Crippen LogP) is 4.11. The maximum absolute atomic E-state index is 12.6. The molecule has 1 aliphatic rings. The van der Waals surface area contributed by atoms with Gasteiger partial charge in [-0.05, 0) is 68.6 Å². The van der Waals surface area contributed by atoms with Crippen LogP contribution in [-0.4, -0.2) is 40.5 Å². The van der Waals surface area contributed by atoms with E-state index in [-0.39, 0.29) is 18.0 Å². The minimum absolute atomic E-state index is 0.0592. The number of aromatic amines is 1. The summed E-state index contributed by atoms with van der Waals surface area (Å²) < 4.78 is 5.28. The number of carbonyl (C=O) groups is 1. The van der Waals surface area contributed by atoms with Crippen molar-refractivity contribution in [1.29, 1.82) is 0 Å². The number of H-pyrrole nitrogens is 1. The highest BCUT2D eigenvalue weighted by Gasteiger charge is 2.35. The molecule has 1 saturated heterocycles. The summed E-state index contributed by atoms with van der Waals surface area (Å²) in [5.74, 6) is 1.95. The standard InChI is InChI=1S/C24H30N4O2/c1-16-7-9-21-22(13-16)27-24(26-21)17(2)28-19(8-10-23(28)29)11-12-25-15-18-5-4-6-20(14-18)30-3/h4-7,9,13-14,17,19,25H,8,10-12,15H2,1-3H3,(H,26,27)/t17-,19-/m0/s1. The molecule has 2 N–H and O–H groups in total. The molecule has 30 heavy (non-hydrogen) atoms. The van der Waals surface area contributed by atoms with Crippen LogP contribution in [0.5, 0.6) is 5.75 Å². The highest BCUT2D eigenvalue weighted by Crippen LogP contribution is 2.31. The zero-order valence-corrected chi connectivity index (χ0v) is 17.9. The number of hydrogen-bond acceptors (Lipinski definition) is 4. The first-order chi connectivity index (χ1) is 14.5. The number of fused-ring (bicyclic) bond motifs is 1. The molecular formula is C24H30N4O2. The van der Waals surface area contributed by atoms with Gasteiger partial charge >= 0.3 is 0 Å². The SMILES string of the molecule is COc1cccc(CNCC[C@@H]2CCC(=O)N2[C@@H](C)c2nc3ccc(C)cc3[nH]2)c1. The molecule has 2 heterocycles. The van der Waals surface area contributed by atoms with Gasteiger partial charge in [0.2, 0.25) is 5.91 Å². The number of likely N-dealkylation sites (tertiary alicyclic amines) is 1. The van der Waals surface area contributed by atoms with Gasteiger partial charge in [0, 0.05) is 19.0 Å². The Balaban J connectivity index is 1.37. The summed E-state index contributed by atoms with van der Waals surface area (Å²) in [6.45, 7) is 5.79. The fraction of sp³-hybridized carbons (Fsp3) is 0.417. The van der Waals surface area contributed by atoms with Gasteiger partial charge < -0.3 is 19.9 Å². The molecule has 4 rings (SSSR count). The van der Waals surface area contributed by atoms with Gasteiger partial charge in [-0.3, -0.25) is 4.79 Å². The molecule has 0 radical (unpaired) electrons. The van der Waals surface area contributed by atoms with Crippen LogP contribution in [0, 0.1) is 6.92 Å². The van der Waals surface area contributed by atoms with Crippen LogP contribution in [0.25, 0.3) is 11.0 Å². The number of benzene rings is 2. The molecule has 6 heteroatoms. The highest BCUT2D eigenvalue weighted by atomic mass is 16.5. The van der Waals surface area contributed by atoms with Crippen molar-refractivity contribution in [3.8, 4) is 5.75 Å². The number of imidazole rings is 1. The van der Waals surface area contributed by atoms with Crippen LogP contribution in [0.2, 0.25) is 0 Å². The second kappa shape index (κ2) is 8.88. The summed E-state index contributed by atoms with van der Waals surface area (Å²) >= 11 is 0. The number of aryl methyl sites for hydroxylation is 1. The van der Waals surface area contributed by atoms with Crippen LogP contribution in [0.1, 0.15) is 49.2 Å². The van der Waals surface area contributed by atoms with Crippen LogP contribution in [-0.2, 0) is 11.3 Å². The smallest absolute Gasteiger partial charge is 0.223 e. The van der Waals surface area contributed by atoms with E-state index in [0.29, 0.717) is 6.42 Å². The zero-order valence-electron chi connectivity index (χ0n) is 17.9. The zero-order chi connectivity index (χ0) is 21.1. The molecule has 0 saturated carbocycles. The summed E-state index contributed by atoms with van der Waals surface area (Å²) in [6.07, 6.45) is 2.45. The lowest BCUT2D eigenvalue weighted by molar-refractivity contribution is -0.131. The molecule has 1 fully saturated rings. The number of methoxy groups -OCH3 is 1. The first-order valence-electron chi connectivity index (χ1n) is 10.7. The van der Waals surface area contributed by atoms with Crippen molar-refractivity contribution in [2.24, 2.45) is 0 Å². The van der Waals surface area contributed by atoms with Crippen LogP contribution in [0.3, 0.4) is 0 Å². The van der Waals surface area contributed by atoms with Gasteiger partial charge in [-0.2, -0.15) is 0 Å². The van der Waals surface area contributed by atoms with Crippen LogP contribution in [0.15, 0.2) is 42.5 Å². The molecule has 0 unspecified atom stereocenters. The molecule has 2 atom stereocenters. The first kappa shape index (κ1) is 20.4. The Kier molecular flexibility index (Phi) is 6.04. The predicted molar refractivity (Wildman–Crippen MR) is 118 cm³/mol. The van der Waals surface area contributed by atoms with Crippen LogP contribution < -0.4 is 10.1 Å². The van der Waals surface area contributed by atoms with Gasteiger partial charge in [0.25, 0.3) is 0 Å². The third kappa shape index (κ3) is 4.33. The molecule has 1 aromatic heterocycles. The van der Waals surface area contributed by atoms with E-state index in [0.717, 1.165) is 48.5 Å². The number of ether oxygens (including phenoxy) is 1. The molecule has 158 valence electrons. The average Bonchev–Trinajstić information content (AvgIpc) is 3.34. The van der Waals surface area contributed by atoms with E-state index in [9.17, 15) is 4.79 Å². The van der Waals surface area contributed by atoms with Gasteiger partial charge in [0.05, 0.1) is 24.2 Å². The monoisotopic (exact) mass is 406 g/mol. The van der Waals surface area contributed by atoms with E-state index in [4.69, 9.17) is 9.72 Å². The number of rotatable bonds is 8. The summed E-state index contributed by atoms with van der Waals surface area (Å²) in [5.41, 5.74) is 4.37. The minimum Gasteiger partial charge on any atom is -0.497 e. The van der Waals surface area contributed by atoms with Gasteiger partial charge in [0.1, 0.15) is 11.6 Å². The van der Waals surface area contributed by atoms with Crippen molar-refractivity contribution in [1.82, 2.24) is 20.2 Å². The van der Waals surface area contributed by atoms with E-state index >= 15 is 0 Å². The number of nitrogens with one attached hydrogen (secondary N) is 2. The topological polar surface area (TPSA) is 70.2 Å². The molecular weight excluding hydrogens is 376 g/mol. The van der Waals surface area contributed by atoms with Crippen molar-refractivity contribution in [3.05, 3.63) is 59.4 Å². The van der Waals surface area contributed by atoms with Crippen molar-refractivity contribution < 1.29 is 9.53 Å². The first-order valence-corrected chi connectivity index (χ1v) is 10.7. The van der Waals surface area contributed by atoms with Gasteiger partial charge in [-0.1, -0.05) is 18.2 Å². The number of carbonyl (C=O) groups excluding carboxylic acids is 1. The summed E-state index contributed by atoms with van der Waals surface area (Å²) in [4.78, 5) is 22.8. The second-order valence-electron chi connectivity index (χ2n) is 8.13. The molecule has 0 aliphatic carbocycles. The van der Waals surface area contributed by atoms with E-state index in [1.54, 1.807) is 7.11 Å². The third-order valence-electron chi connectivity index (χ3n) is 5.96. The highest BCUT2D eigenvalue weighted by molar-refractivity contribution is 5.80. The molecule has 3 aromatic rings. The summed E-state index contributed by atoms with van der Waals surface area (Å²) in [5, 5.41) is 3.50. The third-order valence-corrected chi connectivity index (χ3v) is 5.96. The normalized spacial score (nSPS) is 17.6. The fourth-order valence-corrected chi connectivity index (χ4v) is 4.33. The van der Waals surface area contributed by atoms with Gasteiger partial charge in [0.15, 0.2) is 0 Å². The number of nitrogens with zero attached hydrogens (tertiary/aromatic N) is 2. The Hall–Kier alpha value is -2.86. The molecule has 0 spiro atoms. The average molecular weight is 407 g/mol. The Labute approximate surface area is 177 Å². The van der Waals surface area contributed by atoms with E-state index in [2.05, 4.69) is 42.3 Å². The molecule has 2 aromatic carbocycles. The quantitative estimate of drug-likeness (QED) is 0.552. The Morgan fingerprint density at radius 3 is 3.00 bits per heavy atom. The lowest BCUT2D eigenvalue weighted by Gasteiger charge is -2.30.